The Morgan fingerprint density at radius 2 is 1.92 bits per heavy atom. The third kappa shape index (κ3) is 4.66. The van der Waals surface area contributed by atoms with Crippen molar-refractivity contribution >= 4 is 27.3 Å². The summed E-state index contributed by atoms with van der Waals surface area (Å²) in [7, 11) is -1.60. The Labute approximate surface area is 147 Å². The molecule has 0 fully saturated rings. The smallest absolute Gasteiger partial charge is 0.261 e. The van der Waals surface area contributed by atoms with E-state index in [9.17, 15) is 13.2 Å². The summed E-state index contributed by atoms with van der Waals surface area (Å²) < 4.78 is 24.6. The van der Waals surface area contributed by atoms with Crippen molar-refractivity contribution in [2.75, 3.05) is 25.9 Å². The minimum absolute atomic E-state index is 0.0888. The maximum absolute atomic E-state index is 12.4. The van der Waals surface area contributed by atoms with E-state index in [0.29, 0.717) is 24.4 Å². The molecule has 0 aliphatic heterocycles. The maximum atomic E-state index is 12.4. The number of carbonyl (C=O) groups excluding carboxylic acids is 1. The molecule has 2 aromatic rings. The predicted molar refractivity (Wildman–Crippen MR) is 98.8 cm³/mol. The van der Waals surface area contributed by atoms with E-state index < -0.39 is 10.0 Å². The molecule has 1 aromatic carbocycles. The Balaban J connectivity index is 1.90. The molecule has 130 valence electrons. The molecule has 24 heavy (non-hydrogen) atoms. The van der Waals surface area contributed by atoms with E-state index in [-0.39, 0.29) is 11.7 Å². The number of hydrogen-bond donors (Lipinski definition) is 1. The molecule has 1 heterocycles. The summed E-state index contributed by atoms with van der Waals surface area (Å²) in [5.74, 6) is -0.0317. The van der Waals surface area contributed by atoms with Crippen LogP contribution in [-0.2, 0) is 10.0 Å². The second kappa shape index (κ2) is 8.41. The highest BCUT2D eigenvalue weighted by Crippen LogP contribution is 2.27. The number of nitrogens with one attached hydrogen (secondary N) is 1. The first kappa shape index (κ1) is 18.6. The average molecular weight is 367 g/mol. The minimum Gasteiger partial charge on any atom is -0.351 e. The molecule has 0 aliphatic carbocycles. The molecule has 0 aliphatic rings. The summed E-state index contributed by atoms with van der Waals surface area (Å²) in [6, 6.07) is 11.7. The third-order valence-electron chi connectivity index (χ3n) is 3.73. The van der Waals surface area contributed by atoms with Gasteiger partial charge in [0, 0.05) is 25.7 Å². The largest absolute Gasteiger partial charge is 0.351 e. The second-order valence-corrected chi connectivity index (χ2v) is 8.64. The topological polar surface area (TPSA) is 66.5 Å². The van der Waals surface area contributed by atoms with Crippen molar-refractivity contribution in [3.63, 3.8) is 0 Å². The van der Waals surface area contributed by atoms with Crippen LogP contribution in [0.5, 0.6) is 0 Å². The maximum Gasteiger partial charge on any atom is 0.261 e. The van der Waals surface area contributed by atoms with E-state index >= 15 is 0 Å². The van der Waals surface area contributed by atoms with Gasteiger partial charge in [-0.25, -0.2) is 12.7 Å². The molecule has 1 amide bonds. The monoisotopic (exact) mass is 366 g/mol. The van der Waals surface area contributed by atoms with Crippen LogP contribution in [0.25, 0.3) is 11.1 Å². The molecule has 0 radical (unpaired) electrons. The number of rotatable bonds is 8. The zero-order valence-electron chi connectivity index (χ0n) is 13.9. The van der Waals surface area contributed by atoms with Crippen molar-refractivity contribution < 1.29 is 13.2 Å². The number of benzene rings is 1. The molecule has 5 nitrogen and oxygen atoms in total. The molecule has 0 atom stereocenters. The molecule has 0 spiro atoms. The van der Waals surface area contributed by atoms with Gasteiger partial charge in [0.05, 0.1) is 10.6 Å². The number of nitrogens with zero attached hydrogens (tertiary/aromatic N) is 1. The zero-order chi connectivity index (χ0) is 17.6. The zero-order valence-corrected chi connectivity index (χ0v) is 15.5. The first-order chi connectivity index (χ1) is 11.5. The van der Waals surface area contributed by atoms with Gasteiger partial charge in [-0.2, -0.15) is 0 Å². The molecule has 0 saturated carbocycles. The first-order valence-electron chi connectivity index (χ1n) is 7.81. The number of thiophene rings is 1. The highest BCUT2D eigenvalue weighted by molar-refractivity contribution is 7.89. The van der Waals surface area contributed by atoms with Crippen molar-refractivity contribution in [3.8, 4) is 11.1 Å². The van der Waals surface area contributed by atoms with Gasteiger partial charge < -0.3 is 5.32 Å². The van der Waals surface area contributed by atoms with Crippen LogP contribution < -0.4 is 5.32 Å². The molecule has 1 aromatic heterocycles. The third-order valence-corrected chi connectivity index (χ3v) is 6.51. The summed E-state index contributed by atoms with van der Waals surface area (Å²) in [5, 5.41) is 4.77. The summed E-state index contributed by atoms with van der Waals surface area (Å²) >= 11 is 1.41. The van der Waals surface area contributed by atoms with Gasteiger partial charge in [0.1, 0.15) is 0 Å². The lowest BCUT2D eigenvalue weighted by molar-refractivity contribution is 0.0957. The van der Waals surface area contributed by atoms with Crippen LogP contribution >= 0.6 is 11.3 Å². The van der Waals surface area contributed by atoms with Gasteiger partial charge in [-0.1, -0.05) is 30.3 Å². The van der Waals surface area contributed by atoms with Crippen LogP contribution in [-0.4, -0.2) is 44.5 Å². The van der Waals surface area contributed by atoms with Crippen LogP contribution in [0.3, 0.4) is 0 Å². The Bertz CT molecular complexity index is 770. The molecule has 0 bridgehead atoms. The van der Waals surface area contributed by atoms with Gasteiger partial charge in [0.2, 0.25) is 10.0 Å². The fraction of sp³-hybridized carbons (Fsp3) is 0.353. The molecular formula is C17H22N2O3S2. The lowest BCUT2D eigenvalue weighted by atomic mass is 10.1. The SMILES string of the molecule is CCS(=O)(=O)N(C)CCCNC(=O)c1sccc1-c1ccccc1. The van der Waals surface area contributed by atoms with Crippen LogP contribution in [0.4, 0.5) is 0 Å². The van der Waals surface area contributed by atoms with Gasteiger partial charge in [0.15, 0.2) is 0 Å². The highest BCUT2D eigenvalue weighted by atomic mass is 32.2. The first-order valence-corrected chi connectivity index (χ1v) is 10.3. The van der Waals surface area contributed by atoms with E-state index in [1.54, 1.807) is 14.0 Å². The summed E-state index contributed by atoms with van der Waals surface area (Å²) in [5.41, 5.74) is 1.93. The lowest BCUT2D eigenvalue weighted by Crippen LogP contribution is -2.32. The quantitative estimate of drug-likeness (QED) is 0.731. The number of carbonyl (C=O) groups is 1. The van der Waals surface area contributed by atoms with Crippen molar-refractivity contribution in [3.05, 3.63) is 46.7 Å². The molecule has 0 unspecified atom stereocenters. The molecule has 0 saturated heterocycles. The number of hydrogen-bond acceptors (Lipinski definition) is 4. The molecule has 2 rings (SSSR count). The van der Waals surface area contributed by atoms with Crippen molar-refractivity contribution in [2.24, 2.45) is 0 Å². The summed E-state index contributed by atoms with van der Waals surface area (Å²) in [6.07, 6.45) is 0.577. The molecule has 7 heteroatoms. The Morgan fingerprint density at radius 3 is 2.58 bits per heavy atom. The van der Waals surface area contributed by atoms with Crippen LogP contribution in [0.1, 0.15) is 23.0 Å². The Kier molecular flexibility index (Phi) is 6.53. The highest BCUT2D eigenvalue weighted by Gasteiger charge is 2.16. The van der Waals surface area contributed by atoms with Crippen molar-refractivity contribution in [1.82, 2.24) is 9.62 Å². The fourth-order valence-corrected chi connectivity index (χ4v) is 3.95. The van der Waals surface area contributed by atoms with Crippen LogP contribution in [0.15, 0.2) is 41.8 Å². The van der Waals surface area contributed by atoms with E-state index in [4.69, 9.17) is 0 Å². The van der Waals surface area contributed by atoms with E-state index in [1.165, 1.54) is 15.6 Å². The standard InChI is InChI=1S/C17H22N2O3S2/c1-3-24(21,22)19(2)12-7-11-18-17(20)16-15(10-13-23-16)14-8-5-4-6-9-14/h4-6,8-10,13H,3,7,11-12H2,1-2H3,(H,18,20). The van der Waals surface area contributed by atoms with Gasteiger partial charge in [-0.15, -0.1) is 11.3 Å². The normalized spacial score (nSPS) is 11.6. The molecule has 1 N–H and O–H groups in total. The van der Waals surface area contributed by atoms with E-state index in [0.717, 1.165) is 11.1 Å². The lowest BCUT2D eigenvalue weighted by Gasteiger charge is -2.15. The Hall–Kier alpha value is -1.70. The van der Waals surface area contributed by atoms with Gasteiger partial charge in [0.25, 0.3) is 5.91 Å². The minimum atomic E-state index is -3.16. The van der Waals surface area contributed by atoms with Crippen molar-refractivity contribution in [2.45, 2.75) is 13.3 Å². The predicted octanol–water partition coefficient (Wildman–Crippen LogP) is 2.82. The summed E-state index contributed by atoms with van der Waals surface area (Å²) in [6.45, 7) is 2.45. The van der Waals surface area contributed by atoms with Crippen molar-refractivity contribution in [1.29, 1.82) is 0 Å². The summed E-state index contributed by atoms with van der Waals surface area (Å²) in [4.78, 5) is 13.0. The van der Waals surface area contributed by atoms with Gasteiger partial charge in [-0.3, -0.25) is 4.79 Å². The molecular weight excluding hydrogens is 344 g/mol. The average Bonchev–Trinajstić information content (AvgIpc) is 3.08. The second-order valence-electron chi connectivity index (χ2n) is 5.36. The van der Waals surface area contributed by atoms with E-state index in [1.807, 2.05) is 41.8 Å². The van der Waals surface area contributed by atoms with E-state index in [2.05, 4.69) is 5.32 Å². The number of sulfonamides is 1. The van der Waals surface area contributed by atoms with Crippen LogP contribution in [0.2, 0.25) is 0 Å². The Morgan fingerprint density at radius 1 is 1.21 bits per heavy atom. The number of amides is 1. The van der Waals surface area contributed by atoms with Gasteiger partial charge in [-0.05, 0) is 30.4 Å². The fourth-order valence-electron chi connectivity index (χ4n) is 2.27. The van der Waals surface area contributed by atoms with Gasteiger partial charge >= 0.3 is 0 Å². The van der Waals surface area contributed by atoms with Crippen LogP contribution in [0, 0.1) is 0 Å².